The lowest BCUT2D eigenvalue weighted by atomic mass is 9.85. The Morgan fingerprint density at radius 1 is 1.17 bits per heavy atom. The van der Waals surface area contributed by atoms with Gasteiger partial charge in [0.15, 0.2) is 0 Å². The predicted octanol–water partition coefficient (Wildman–Crippen LogP) is 2.06. The van der Waals surface area contributed by atoms with Crippen molar-refractivity contribution in [2.45, 2.75) is 57.4 Å². The topological polar surface area (TPSA) is 55.1 Å². The third-order valence-corrected chi connectivity index (χ3v) is 5.17. The lowest BCUT2D eigenvalue weighted by Crippen LogP contribution is -2.39. The first kappa shape index (κ1) is 12.5. The molecule has 0 aromatic heterocycles. The van der Waals surface area contributed by atoms with Gasteiger partial charge >= 0.3 is 0 Å². The summed E-state index contributed by atoms with van der Waals surface area (Å²) in [6, 6.07) is 0.195. The van der Waals surface area contributed by atoms with Gasteiger partial charge in [0.25, 0.3) is 0 Å². The zero-order valence-corrected chi connectivity index (χ0v) is 11.2. The number of carbonyl (C=O) groups excluding carboxylic acids is 1. The van der Waals surface area contributed by atoms with E-state index in [1.165, 1.54) is 44.9 Å². The second-order valence-corrected chi connectivity index (χ2v) is 6.65. The van der Waals surface area contributed by atoms with E-state index in [1.54, 1.807) is 0 Å². The fourth-order valence-corrected chi connectivity index (χ4v) is 3.64. The van der Waals surface area contributed by atoms with Crippen LogP contribution in [0.1, 0.15) is 51.4 Å². The molecule has 3 unspecified atom stereocenters. The Morgan fingerprint density at radius 2 is 1.89 bits per heavy atom. The minimum absolute atomic E-state index is 0.195. The second kappa shape index (κ2) is 5.20. The first-order valence-corrected chi connectivity index (χ1v) is 7.79. The largest absolute Gasteiger partial charge is 0.354 e. The highest BCUT2D eigenvalue weighted by Gasteiger charge is 2.47. The Morgan fingerprint density at radius 3 is 2.56 bits per heavy atom. The minimum atomic E-state index is 0.195. The van der Waals surface area contributed by atoms with E-state index in [4.69, 9.17) is 5.73 Å². The molecule has 3 nitrogen and oxygen atoms in total. The molecule has 0 aromatic rings. The van der Waals surface area contributed by atoms with Crippen molar-refractivity contribution >= 4 is 5.91 Å². The monoisotopic (exact) mass is 250 g/mol. The van der Waals surface area contributed by atoms with Gasteiger partial charge in [-0.15, -0.1) is 0 Å². The van der Waals surface area contributed by atoms with Gasteiger partial charge in [-0.25, -0.2) is 0 Å². The zero-order valence-electron chi connectivity index (χ0n) is 11.2. The molecule has 3 fully saturated rings. The van der Waals surface area contributed by atoms with Gasteiger partial charge in [0.05, 0.1) is 0 Å². The van der Waals surface area contributed by atoms with E-state index in [2.05, 4.69) is 5.32 Å². The molecule has 3 aliphatic carbocycles. The van der Waals surface area contributed by atoms with E-state index in [1.807, 2.05) is 0 Å². The summed E-state index contributed by atoms with van der Waals surface area (Å²) < 4.78 is 0. The molecule has 1 amide bonds. The van der Waals surface area contributed by atoms with Crippen LogP contribution >= 0.6 is 0 Å². The van der Waals surface area contributed by atoms with Crippen molar-refractivity contribution in [1.82, 2.24) is 5.32 Å². The summed E-state index contributed by atoms with van der Waals surface area (Å²) >= 11 is 0. The van der Waals surface area contributed by atoms with Crippen LogP contribution < -0.4 is 11.1 Å². The third kappa shape index (κ3) is 2.87. The summed E-state index contributed by atoms with van der Waals surface area (Å²) in [4.78, 5) is 12.0. The summed E-state index contributed by atoms with van der Waals surface area (Å²) in [6.45, 7) is 0.692. The maximum atomic E-state index is 12.0. The quantitative estimate of drug-likeness (QED) is 0.784. The molecule has 3 heteroatoms. The van der Waals surface area contributed by atoms with Crippen molar-refractivity contribution in [2.24, 2.45) is 29.4 Å². The fourth-order valence-electron chi connectivity index (χ4n) is 3.64. The van der Waals surface area contributed by atoms with E-state index in [9.17, 15) is 4.79 Å². The molecule has 3 saturated carbocycles. The summed E-state index contributed by atoms with van der Waals surface area (Å²) in [5.41, 5.74) is 6.01. The molecule has 3 atom stereocenters. The molecular formula is C15H26N2O. The van der Waals surface area contributed by atoms with E-state index in [0.29, 0.717) is 24.3 Å². The smallest absolute Gasteiger partial charge is 0.223 e. The first-order valence-electron chi connectivity index (χ1n) is 7.79. The Balaban J connectivity index is 1.38. The molecule has 0 heterocycles. The Bertz CT molecular complexity index is 308. The molecule has 0 saturated heterocycles. The highest BCUT2D eigenvalue weighted by molar-refractivity contribution is 5.81. The van der Waals surface area contributed by atoms with E-state index in [0.717, 1.165) is 12.3 Å². The van der Waals surface area contributed by atoms with Crippen LogP contribution in [0.15, 0.2) is 0 Å². The molecule has 0 spiro atoms. The zero-order chi connectivity index (χ0) is 12.5. The van der Waals surface area contributed by atoms with E-state index < -0.39 is 0 Å². The van der Waals surface area contributed by atoms with Crippen molar-refractivity contribution in [3.8, 4) is 0 Å². The fraction of sp³-hybridized carbons (Fsp3) is 0.933. The standard InChI is InChI=1S/C15H26N2O/c16-14(11-6-7-11)9-17-15(18)13-8-12(13)10-4-2-1-3-5-10/h10-14H,1-9,16H2,(H,17,18). The van der Waals surface area contributed by atoms with Gasteiger partial charge in [-0.2, -0.15) is 0 Å². The Hall–Kier alpha value is -0.570. The summed E-state index contributed by atoms with van der Waals surface area (Å²) in [5, 5.41) is 3.07. The molecule has 102 valence electrons. The number of nitrogens with two attached hydrogens (primary N) is 1. The lowest BCUT2D eigenvalue weighted by molar-refractivity contribution is -0.122. The van der Waals surface area contributed by atoms with Crippen LogP contribution in [0.5, 0.6) is 0 Å². The number of nitrogens with one attached hydrogen (secondary N) is 1. The number of rotatable bonds is 5. The molecule has 0 radical (unpaired) electrons. The van der Waals surface area contributed by atoms with Crippen molar-refractivity contribution in [1.29, 1.82) is 0 Å². The van der Waals surface area contributed by atoms with Crippen LogP contribution in [-0.4, -0.2) is 18.5 Å². The van der Waals surface area contributed by atoms with Crippen LogP contribution in [-0.2, 0) is 4.79 Å². The van der Waals surface area contributed by atoms with Gasteiger partial charge < -0.3 is 11.1 Å². The van der Waals surface area contributed by atoms with E-state index >= 15 is 0 Å². The Labute approximate surface area is 110 Å². The average Bonchev–Trinajstić information content (AvgIpc) is 3.29. The number of hydrogen-bond acceptors (Lipinski definition) is 2. The van der Waals surface area contributed by atoms with Crippen LogP contribution in [0.3, 0.4) is 0 Å². The Kier molecular flexibility index (Phi) is 3.60. The van der Waals surface area contributed by atoms with Crippen molar-refractivity contribution in [2.75, 3.05) is 6.54 Å². The van der Waals surface area contributed by atoms with Gasteiger partial charge in [-0.3, -0.25) is 4.79 Å². The summed E-state index contributed by atoms with van der Waals surface area (Å²) in [5.74, 6) is 2.81. The first-order chi connectivity index (χ1) is 8.75. The minimum Gasteiger partial charge on any atom is -0.354 e. The molecule has 3 rings (SSSR count). The van der Waals surface area contributed by atoms with Gasteiger partial charge in [-0.05, 0) is 37.0 Å². The van der Waals surface area contributed by atoms with Gasteiger partial charge in [0.1, 0.15) is 0 Å². The number of carbonyl (C=O) groups is 1. The van der Waals surface area contributed by atoms with Crippen molar-refractivity contribution < 1.29 is 4.79 Å². The maximum Gasteiger partial charge on any atom is 0.223 e. The summed E-state index contributed by atoms with van der Waals surface area (Å²) in [6.07, 6.45) is 10.5. The average molecular weight is 250 g/mol. The van der Waals surface area contributed by atoms with E-state index in [-0.39, 0.29) is 11.9 Å². The van der Waals surface area contributed by atoms with Crippen LogP contribution in [0.2, 0.25) is 0 Å². The normalized spacial score (nSPS) is 34.1. The van der Waals surface area contributed by atoms with Gasteiger partial charge in [-0.1, -0.05) is 32.1 Å². The highest BCUT2D eigenvalue weighted by Crippen LogP contribution is 2.49. The second-order valence-electron chi connectivity index (χ2n) is 6.65. The third-order valence-electron chi connectivity index (χ3n) is 5.17. The molecule has 3 N–H and O–H groups in total. The van der Waals surface area contributed by atoms with Crippen molar-refractivity contribution in [3.63, 3.8) is 0 Å². The highest BCUT2D eigenvalue weighted by atomic mass is 16.2. The lowest BCUT2D eigenvalue weighted by Gasteiger charge is -2.21. The molecular weight excluding hydrogens is 224 g/mol. The van der Waals surface area contributed by atoms with Crippen LogP contribution in [0, 0.1) is 23.7 Å². The molecule has 0 aromatic carbocycles. The van der Waals surface area contributed by atoms with Gasteiger partial charge in [0, 0.05) is 18.5 Å². The maximum absolute atomic E-state index is 12.0. The molecule has 3 aliphatic rings. The van der Waals surface area contributed by atoms with Crippen LogP contribution in [0.25, 0.3) is 0 Å². The molecule has 0 aliphatic heterocycles. The van der Waals surface area contributed by atoms with Crippen LogP contribution in [0.4, 0.5) is 0 Å². The SMILES string of the molecule is NC(CNC(=O)C1CC1C1CCCCC1)C1CC1. The number of amides is 1. The predicted molar refractivity (Wildman–Crippen MR) is 71.9 cm³/mol. The molecule has 18 heavy (non-hydrogen) atoms. The molecule has 0 bridgehead atoms. The van der Waals surface area contributed by atoms with Crippen molar-refractivity contribution in [3.05, 3.63) is 0 Å². The van der Waals surface area contributed by atoms with Gasteiger partial charge in [0.2, 0.25) is 5.91 Å². The number of hydrogen-bond donors (Lipinski definition) is 2. The summed E-state index contributed by atoms with van der Waals surface area (Å²) in [7, 11) is 0.